The van der Waals surface area contributed by atoms with Crippen LogP contribution in [-0.2, 0) is 17.3 Å². The minimum absolute atomic E-state index is 0.0281. The van der Waals surface area contributed by atoms with E-state index in [4.69, 9.17) is 4.74 Å². The molecule has 18 heavy (non-hydrogen) atoms. The molecule has 0 spiro atoms. The first-order valence-electron chi connectivity index (χ1n) is 5.92. The van der Waals surface area contributed by atoms with Crippen molar-refractivity contribution in [1.29, 1.82) is 0 Å². The van der Waals surface area contributed by atoms with Crippen LogP contribution in [-0.4, -0.2) is 35.6 Å². The van der Waals surface area contributed by atoms with Gasteiger partial charge in [-0.1, -0.05) is 0 Å². The molecule has 1 rings (SSSR count). The van der Waals surface area contributed by atoms with Crippen molar-refractivity contribution in [3.05, 3.63) is 18.0 Å². The first-order valence-corrected chi connectivity index (χ1v) is 5.92. The second-order valence-electron chi connectivity index (χ2n) is 4.98. The van der Waals surface area contributed by atoms with E-state index < -0.39 is 5.54 Å². The molecule has 0 radical (unpaired) electrons. The number of aromatic nitrogens is 2. The van der Waals surface area contributed by atoms with Gasteiger partial charge in [-0.2, -0.15) is 5.10 Å². The van der Waals surface area contributed by atoms with Crippen LogP contribution < -0.4 is 10.6 Å². The average Bonchev–Trinajstić information content (AvgIpc) is 2.64. The Morgan fingerprint density at radius 2 is 2.28 bits per heavy atom. The van der Waals surface area contributed by atoms with Crippen molar-refractivity contribution in [2.24, 2.45) is 7.05 Å². The predicted molar refractivity (Wildman–Crippen MR) is 69.2 cm³/mol. The lowest BCUT2D eigenvalue weighted by molar-refractivity contribution is 0.169. The molecule has 0 saturated heterocycles. The number of nitrogens with one attached hydrogen (secondary N) is 2. The Bertz CT molecular complexity index is 401. The van der Waals surface area contributed by atoms with Gasteiger partial charge in [0.25, 0.3) is 0 Å². The number of ether oxygens (including phenoxy) is 1. The topological polar surface area (TPSA) is 68.2 Å². The van der Waals surface area contributed by atoms with Crippen LogP contribution in [0.1, 0.15) is 26.3 Å². The summed E-state index contributed by atoms with van der Waals surface area (Å²) in [5.41, 5.74) is 0.491. The second-order valence-corrected chi connectivity index (χ2v) is 4.98. The summed E-state index contributed by atoms with van der Waals surface area (Å²) < 4.78 is 6.68. The van der Waals surface area contributed by atoms with Crippen LogP contribution >= 0.6 is 0 Å². The molecule has 2 amide bonds. The number of hydrogen-bond donors (Lipinski definition) is 2. The Labute approximate surface area is 108 Å². The number of amides is 2. The monoisotopic (exact) mass is 254 g/mol. The molecule has 0 saturated carbocycles. The number of aryl methyl sites for hydroxylation is 1. The highest BCUT2D eigenvalue weighted by Gasteiger charge is 2.24. The summed E-state index contributed by atoms with van der Waals surface area (Å²) in [6.45, 7) is 6.25. The van der Waals surface area contributed by atoms with Crippen LogP contribution in [0.3, 0.4) is 0 Å². The molecule has 0 aliphatic heterocycles. The van der Waals surface area contributed by atoms with Crippen LogP contribution in [0.5, 0.6) is 0 Å². The summed E-state index contributed by atoms with van der Waals surface area (Å²) in [5.74, 6) is 0. The molecule has 0 fully saturated rings. The highest BCUT2D eigenvalue weighted by molar-refractivity contribution is 5.75. The summed E-state index contributed by atoms with van der Waals surface area (Å²) in [6.07, 6.45) is 3.64. The van der Waals surface area contributed by atoms with Crippen LogP contribution in [0.25, 0.3) is 0 Å². The molecule has 0 aliphatic carbocycles. The molecular weight excluding hydrogens is 232 g/mol. The zero-order chi connectivity index (χ0) is 13.8. The van der Waals surface area contributed by atoms with Gasteiger partial charge in [0.1, 0.15) is 0 Å². The smallest absolute Gasteiger partial charge is 0.315 e. The molecule has 1 unspecified atom stereocenters. The lowest BCUT2D eigenvalue weighted by Gasteiger charge is -2.26. The third-order valence-electron chi connectivity index (χ3n) is 2.65. The Morgan fingerprint density at radius 1 is 1.61 bits per heavy atom. The fourth-order valence-electron chi connectivity index (χ4n) is 1.65. The fourth-order valence-corrected chi connectivity index (χ4v) is 1.65. The minimum Gasteiger partial charge on any atom is -0.383 e. The van der Waals surface area contributed by atoms with Crippen LogP contribution in [0.2, 0.25) is 0 Å². The van der Waals surface area contributed by atoms with Gasteiger partial charge < -0.3 is 15.4 Å². The third kappa shape index (κ3) is 4.03. The van der Waals surface area contributed by atoms with Gasteiger partial charge in [-0.05, 0) is 20.8 Å². The minimum atomic E-state index is -0.467. The molecule has 0 aromatic carbocycles. The molecule has 0 aliphatic rings. The van der Waals surface area contributed by atoms with E-state index in [0.717, 1.165) is 5.56 Å². The van der Waals surface area contributed by atoms with Gasteiger partial charge in [-0.25, -0.2) is 4.79 Å². The maximum Gasteiger partial charge on any atom is 0.315 e. The van der Waals surface area contributed by atoms with E-state index in [0.29, 0.717) is 6.61 Å². The van der Waals surface area contributed by atoms with Crippen LogP contribution in [0.4, 0.5) is 4.79 Å². The van der Waals surface area contributed by atoms with Crippen molar-refractivity contribution in [3.8, 4) is 0 Å². The van der Waals surface area contributed by atoms with Gasteiger partial charge in [-0.15, -0.1) is 0 Å². The maximum absolute atomic E-state index is 11.8. The molecule has 1 aromatic rings. The molecule has 6 nitrogen and oxygen atoms in total. The van der Waals surface area contributed by atoms with Crippen LogP contribution in [0, 0.1) is 0 Å². The Kier molecular flexibility index (Phi) is 4.72. The number of carbonyl (C=O) groups is 1. The third-order valence-corrected chi connectivity index (χ3v) is 2.65. The van der Waals surface area contributed by atoms with Gasteiger partial charge in [0.15, 0.2) is 0 Å². The molecule has 102 valence electrons. The summed E-state index contributed by atoms with van der Waals surface area (Å²) in [6, 6.07) is -0.242. The van der Waals surface area contributed by atoms with Gasteiger partial charge in [-0.3, -0.25) is 4.68 Å². The van der Waals surface area contributed by atoms with Crippen LogP contribution in [0.15, 0.2) is 12.4 Å². The lowest BCUT2D eigenvalue weighted by Crippen LogP contribution is -2.49. The van der Waals surface area contributed by atoms with E-state index in [1.807, 2.05) is 34.0 Å². The number of urea groups is 1. The van der Waals surface area contributed by atoms with E-state index in [9.17, 15) is 4.79 Å². The quantitative estimate of drug-likeness (QED) is 0.823. The largest absolute Gasteiger partial charge is 0.383 e. The fraction of sp³-hybridized carbons (Fsp3) is 0.667. The molecule has 1 atom stereocenters. The van der Waals surface area contributed by atoms with E-state index in [-0.39, 0.29) is 12.1 Å². The molecular formula is C12H22N4O2. The highest BCUT2D eigenvalue weighted by Crippen LogP contribution is 2.18. The van der Waals surface area contributed by atoms with Crippen molar-refractivity contribution in [1.82, 2.24) is 20.4 Å². The first kappa shape index (κ1) is 14.5. The zero-order valence-corrected chi connectivity index (χ0v) is 11.7. The number of nitrogens with zero attached hydrogens (tertiary/aromatic N) is 2. The van der Waals surface area contributed by atoms with Crippen molar-refractivity contribution < 1.29 is 9.53 Å². The summed E-state index contributed by atoms with van der Waals surface area (Å²) in [5, 5.41) is 9.83. The van der Waals surface area contributed by atoms with E-state index in [1.54, 1.807) is 18.0 Å². The van der Waals surface area contributed by atoms with Crippen molar-refractivity contribution in [2.45, 2.75) is 32.4 Å². The van der Waals surface area contributed by atoms with Gasteiger partial charge >= 0.3 is 6.03 Å². The Balaban J connectivity index is 2.57. The van der Waals surface area contributed by atoms with E-state index in [2.05, 4.69) is 15.7 Å². The number of hydrogen-bond acceptors (Lipinski definition) is 3. The average molecular weight is 254 g/mol. The lowest BCUT2D eigenvalue weighted by atomic mass is 9.98. The molecule has 1 heterocycles. The van der Waals surface area contributed by atoms with Crippen molar-refractivity contribution in [3.63, 3.8) is 0 Å². The SMILES string of the molecule is COCC(C)NC(=O)NC(C)(C)c1cnn(C)c1. The standard InChI is InChI=1S/C12H22N4O2/c1-9(8-18-5)14-11(17)15-12(2,3)10-6-13-16(4)7-10/h6-7,9H,8H2,1-5H3,(H2,14,15,17). The van der Waals surface area contributed by atoms with Gasteiger partial charge in [0, 0.05) is 25.9 Å². The molecule has 2 N–H and O–H groups in total. The predicted octanol–water partition coefficient (Wildman–Crippen LogP) is 0.989. The van der Waals surface area contributed by atoms with Crippen molar-refractivity contribution >= 4 is 6.03 Å². The van der Waals surface area contributed by atoms with Gasteiger partial charge in [0.2, 0.25) is 0 Å². The second kappa shape index (κ2) is 5.86. The zero-order valence-electron chi connectivity index (χ0n) is 11.7. The molecule has 0 bridgehead atoms. The normalized spacial score (nSPS) is 13.2. The van der Waals surface area contributed by atoms with Crippen molar-refractivity contribution in [2.75, 3.05) is 13.7 Å². The first-order chi connectivity index (χ1) is 8.35. The summed E-state index contributed by atoms with van der Waals surface area (Å²) in [7, 11) is 3.45. The Hall–Kier alpha value is -1.56. The molecule has 1 aromatic heterocycles. The number of carbonyl (C=O) groups excluding carboxylic acids is 1. The highest BCUT2D eigenvalue weighted by atomic mass is 16.5. The van der Waals surface area contributed by atoms with Gasteiger partial charge in [0.05, 0.1) is 24.4 Å². The maximum atomic E-state index is 11.8. The summed E-state index contributed by atoms with van der Waals surface area (Å²) >= 11 is 0. The summed E-state index contributed by atoms with van der Waals surface area (Å²) in [4.78, 5) is 11.8. The number of methoxy groups -OCH3 is 1. The number of rotatable bonds is 5. The van der Waals surface area contributed by atoms with E-state index >= 15 is 0 Å². The Morgan fingerprint density at radius 3 is 2.78 bits per heavy atom. The van der Waals surface area contributed by atoms with E-state index in [1.165, 1.54) is 0 Å². The molecule has 6 heteroatoms.